The monoisotopic (exact) mass is 460 g/mol. The highest BCUT2D eigenvalue weighted by molar-refractivity contribution is 7.98. The molecule has 0 aliphatic heterocycles. The van der Waals surface area contributed by atoms with Crippen LogP contribution >= 0.6 is 23.4 Å². The van der Waals surface area contributed by atoms with Gasteiger partial charge in [-0.2, -0.15) is 10.4 Å². The molecule has 1 N–H and O–H groups in total. The maximum Gasteiger partial charge on any atom is 0.249 e. The zero-order chi connectivity index (χ0) is 22.3. The van der Waals surface area contributed by atoms with E-state index < -0.39 is 5.91 Å². The first-order valence-electron chi connectivity index (χ1n) is 9.63. The number of rotatable bonds is 7. The highest BCUT2D eigenvalue weighted by Crippen LogP contribution is 2.33. The van der Waals surface area contributed by atoms with Crippen molar-refractivity contribution < 1.29 is 9.21 Å². The van der Waals surface area contributed by atoms with Gasteiger partial charge in [-0.3, -0.25) is 4.79 Å². The lowest BCUT2D eigenvalue weighted by atomic mass is 10.2. The van der Waals surface area contributed by atoms with Crippen molar-refractivity contribution >= 4 is 41.2 Å². The Hall–Kier alpha value is -3.73. The summed E-state index contributed by atoms with van der Waals surface area (Å²) in [6.07, 6.45) is 4.43. The van der Waals surface area contributed by atoms with Crippen LogP contribution in [0.3, 0.4) is 0 Å². The van der Waals surface area contributed by atoms with Gasteiger partial charge in [0, 0.05) is 16.9 Å². The van der Waals surface area contributed by atoms with E-state index in [1.807, 2.05) is 54.6 Å². The van der Waals surface area contributed by atoms with Gasteiger partial charge in [0.2, 0.25) is 5.91 Å². The molecular weight excluding hydrogens is 444 g/mol. The van der Waals surface area contributed by atoms with Crippen LogP contribution in [0.4, 0.5) is 5.82 Å². The molecule has 8 heteroatoms. The fraction of sp³-hybridized carbons (Fsp3) is 0.0417. The first-order chi connectivity index (χ1) is 15.7. The third-order valence-corrected chi connectivity index (χ3v) is 5.86. The average molecular weight is 461 g/mol. The zero-order valence-electron chi connectivity index (χ0n) is 16.7. The summed E-state index contributed by atoms with van der Waals surface area (Å²) in [7, 11) is 0. The summed E-state index contributed by atoms with van der Waals surface area (Å²) in [5.41, 5.74) is 1.94. The molecule has 0 saturated heterocycles. The van der Waals surface area contributed by atoms with Crippen molar-refractivity contribution in [3.05, 3.63) is 101 Å². The molecule has 4 aromatic rings. The molecule has 0 fully saturated rings. The van der Waals surface area contributed by atoms with Gasteiger partial charge in [0.1, 0.15) is 22.4 Å². The number of hydrogen-bond donors (Lipinski definition) is 1. The van der Waals surface area contributed by atoms with Gasteiger partial charge in [-0.1, -0.05) is 59.8 Å². The summed E-state index contributed by atoms with van der Waals surface area (Å²) in [5.74, 6) is 0.978. The molecule has 158 valence electrons. The zero-order valence-corrected chi connectivity index (χ0v) is 18.3. The molecule has 2 aromatic heterocycles. The number of halogens is 1. The van der Waals surface area contributed by atoms with E-state index in [4.69, 9.17) is 16.0 Å². The Morgan fingerprint density at radius 3 is 2.66 bits per heavy atom. The normalized spacial score (nSPS) is 10.9. The largest absolute Gasteiger partial charge is 0.465 e. The third-order valence-electron chi connectivity index (χ3n) is 4.47. The lowest BCUT2D eigenvalue weighted by Gasteiger charge is -2.07. The number of nitriles is 1. The second-order valence-corrected chi connectivity index (χ2v) is 7.98. The van der Waals surface area contributed by atoms with Crippen LogP contribution in [-0.2, 0) is 10.5 Å². The molecule has 0 radical (unpaired) electrons. The molecule has 0 spiro atoms. The molecular formula is C24H17ClN4O2S. The highest BCUT2D eigenvalue weighted by Gasteiger charge is 2.21. The van der Waals surface area contributed by atoms with Crippen LogP contribution in [0.2, 0.25) is 5.02 Å². The fourth-order valence-electron chi connectivity index (χ4n) is 2.94. The van der Waals surface area contributed by atoms with Gasteiger partial charge in [-0.15, -0.1) is 0 Å². The summed E-state index contributed by atoms with van der Waals surface area (Å²) < 4.78 is 6.77. The van der Waals surface area contributed by atoms with E-state index in [1.165, 1.54) is 24.1 Å². The molecule has 2 heterocycles. The number of furan rings is 1. The Bertz CT molecular complexity index is 1290. The van der Waals surface area contributed by atoms with Crippen LogP contribution in [-0.4, -0.2) is 15.7 Å². The lowest BCUT2D eigenvalue weighted by Crippen LogP contribution is -2.13. The van der Waals surface area contributed by atoms with Gasteiger partial charge in [-0.25, -0.2) is 4.68 Å². The molecule has 0 atom stereocenters. The Labute approximate surface area is 194 Å². The van der Waals surface area contributed by atoms with Gasteiger partial charge in [0.15, 0.2) is 5.82 Å². The maximum atomic E-state index is 12.6. The number of anilines is 1. The Morgan fingerprint density at radius 2 is 1.94 bits per heavy atom. The van der Waals surface area contributed by atoms with E-state index >= 15 is 0 Å². The quantitative estimate of drug-likeness (QED) is 0.273. The minimum Gasteiger partial charge on any atom is -0.465 e. The maximum absolute atomic E-state index is 12.6. The second kappa shape index (κ2) is 10.1. The van der Waals surface area contributed by atoms with E-state index in [9.17, 15) is 10.1 Å². The van der Waals surface area contributed by atoms with Crippen LogP contribution in [0.15, 0.2) is 88.5 Å². The standard InChI is InChI=1S/C24H17ClN4O2S/c25-21-11-5-4-7-17(21)16-32-24-20(15-26)23(29(28-24)18-8-2-1-3-9-18)27-22(30)13-12-19-10-6-14-31-19/h1-14H,16H2,(H,27,30)/b13-12+. The van der Waals surface area contributed by atoms with Gasteiger partial charge in [0.05, 0.1) is 12.0 Å². The number of hydrogen-bond acceptors (Lipinski definition) is 5. The van der Waals surface area contributed by atoms with E-state index in [-0.39, 0.29) is 5.56 Å². The fourth-order valence-corrected chi connectivity index (χ4v) is 4.19. The number of amides is 1. The topological polar surface area (TPSA) is 83.9 Å². The minimum atomic E-state index is -0.405. The molecule has 0 aliphatic rings. The smallest absolute Gasteiger partial charge is 0.249 e. The number of thioether (sulfide) groups is 1. The first-order valence-corrected chi connectivity index (χ1v) is 11.0. The number of benzene rings is 2. The molecule has 32 heavy (non-hydrogen) atoms. The number of carbonyl (C=O) groups is 1. The molecule has 0 saturated carbocycles. The van der Waals surface area contributed by atoms with E-state index in [0.717, 1.165) is 11.3 Å². The highest BCUT2D eigenvalue weighted by atomic mass is 35.5. The summed E-state index contributed by atoms with van der Waals surface area (Å²) in [6.45, 7) is 0. The Kier molecular flexibility index (Phi) is 6.75. The minimum absolute atomic E-state index is 0.283. The van der Waals surface area contributed by atoms with Crippen molar-refractivity contribution in [1.82, 2.24) is 9.78 Å². The van der Waals surface area contributed by atoms with Crippen LogP contribution in [0.25, 0.3) is 11.8 Å². The Morgan fingerprint density at radius 1 is 1.16 bits per heavy atom. The molecule has 2 aromatic carbocycles. The van der Waals surface area contributed by atoms with Crippen LogP contribution in [0, 0.1) is 11.3 Å². The van der Waals surface area contributed by atoms with Crippen molar-refractivity contribution in [1.29, 1.82) is 5.26 Å². The van der Waals surface area contributed by atoms with Crippen LogP contribution < -0.4 is 5.32 Å². The van der Waals surface area contributed by atoms with Crippen molar-refractivity contribution in [2.24, 2.45) is 0 Å². The molecule has 0 bridgehead atoms. The molecule has 6 nitrogen and oxygen atoms in total. The predicted octanol–water partition coefficient (Wildman–Crippen LogP) is 5.93. The van der Waals surface area contributed by atoms with Crippen molar-refractivity contribution in [2.75, 3.05) is 5.32 Å². The van der Waals surface area contributed by atoms with Crippen molar-refractivity contribution in [2.45, 2.75) is 10.8 Å². The van der Waals surface area contributed by atoms with Crippen LogP contribution in [0.5, 0.6) is 0 Å². The lowest BCUT2D eigenvalue weighted by molar-refractivity contribution is -0.111. The average Bonchev–Trinajstić information content (AvgIpc) is 3.45. The number of carbonyl (C=O) groups excluding carboxylic acids is 1. The van der Waals surface area contributed by atoms with Crippen LogP contribution in [0.1, 0.15) is 16.9 Å². The number of aromatic nitrogens is 2. The Balaban J connectivity index is 1.66. The van der Waals surface area contributed by atoms with Crippen molar-refractivity contribution in [3.63, 3.8) is 0 Å². The molecule has 1 amide bonds. The molecule has 0 unspecified atom stereocenters. The number of nitrogens with one attached hydrogen (secondary N) is 1. The van der Waals surface area contributed by atoms with Crippen molar-refractivity contribution in [3.8, 4) is 11.8 Å². The summed E-state index contributed by atoms with van der Waals surface area (Å²) in [5, 5.41) is 18.4. The van der Waals surface area contributed by atoms with Gasteiger partial charge in [0.25, 0.3) is 0 Å². The van der Waals surface area contributed by atoms with E-state index in [2.05, 4.69) is 16.5 Å². The number of nitrogens with zero attached hydrogens (tertiary/aromatic N) is 3. The summed E-state index contributed by atoms with van der Waals surface area (Å²) >= 11 is 7.65. The van der Waals surface area contributed by atoms with Gasteiger partial charge in [-0.05, 0) is 42.0 Å². The number of para-hydroxylation sites is 1. The SMILES string of the molecule is N#Cc1c(SCc2ccccc2Cl)nn(-c2ccccc2)c1NC(=O)/C=C/c1ccco1. The summed E-state index contributed by atoms with van der Waals surface area (Å²) in [4.78, 5) is 12.6. The first kappa shape index (κ1) is 21.5. The van der Waals surface area contributed by atoms with Gasteiger partial charge >= 0.3 is 0 Å². The van der Waals surface area contributed by atoms with E-state index in [1.54, 1.807) is 22.9 Å². The van der Waals surface area contributed by atoms with E-state index in [0.29, 0.717) is 27.4 Å². The predicted molar refractivity (Wildman–Crippen MR) is 126 cm³/mol. The molecule has 4 rings (SSSR count). The second-order valence-electron chi connectivity index (χ2n) is 6.61. The third kappa shape index (κ3) is 4.94. The summed E-state index contributed by atoms with van der Waals surface area (Å²) in [6, 6.07) is 22.5. The molecule has 0 aliphatic carbocycles. The van der Waals surface area contributed by atoms with Gasteiger partial charge < -0.3 is 9.73 Å².